The normalized spacial score (nSPS) is 15.3. The molecule has 4 nitrogen and oxygen atoms in total. The highest BCUT2D eigenvalue weighted by Gasteiger charge is 2.30. The number of amides is 1. The zero-order valence-electron chi connectivity index (χ0n) is 11.2. The third kappa shape index (κ3) is 3.25. The van der Waals surface area contributed by atoms with E-state index in [0.717, 1.165) is 11.1 Å². The predicted molar refractivity (Wildman–Crippen MR) is 80.3 cm³/mol. The molecule has 1 aromatic carbocycles. The number of benzene rings is 1. The van der Waals surface area contributed by atoms with E-state index in [1.165, 1.54) is 11.3 Å². The Morgan fingerprint density at radius 2 is 2.10 bits per heavy atom. The molecule has 2 rings (SSSR count). The molecule has 0 aliphatic rings. The van der Waals surface area contributed by atoms with Crippen LogP contribution < -0.4 is 11.1 Å². The van der Waals surface area contributed by atoms with Gasteiger partial charge in [0.05, 0.1) is 6.10 Å². The van der Waals surface area contributed by atoms with Crippen LogP contribution in [0, 0.1) is 0 Å². The van der Waals surface area contributed by atoms with Crippen LogP contribution in [0.5, 0.6) is 0 Å². The molecule has 0 saturated heterocycles. The van der Waals surface area contributed by atoms with Crippen LogP contribution in [0.25, 0.3) is 0 Å². The number of aliphatic hydroxyl groups is 1. The molecule has 0 saturated carbocycles. The molecule has 2 unspecified atom stereocenters. The third-order valence-corrected chi connectivity index (χ3v) is 3.93. The summed E-state index contributed by atoms with van der Waals surface area (Å²) in [7, 11) is 0. The van der Waals surface area contributed by atoms with Crippen molar-refractivity contribution in [2.24, 2.45) is 5.73 Å². The number of nitrogens with two attached hydrogens (primary N) is 1. The Morgan fingerprint density at radius 3 is 2.70 bits per heavy atom. The molecule has 0 aliphatic carbocycles. The van der Waals surface area contributed by atoms with Crippen molar-refractivity contribution in [2.45, 2.75) is 18.6 Å². The number of rotatable bonds is 5. The Labute approximate surface area is 122 Å². The highest BCUT2D eigenvalue weighted by molar-refractivity contribution is 7.07. The van der Waals surface area contributed by atoms with Crippen molar-refractivity contribution in [3.8, 4) is 0 Å². The monoisotopic (exact) mass is 290 g/mol. The number of hydrogen-bond acceptors (Lipinski definition) is 4. The van der Waals surface area contributed by atoms with Gasteiger partial charge in [-0.2, -0.15) is 11.3 Å². The van der Waals surface area contributed by atoms with E-state index in [1.54, 1.807) is 6.92 Å². The van der Waals surface area contributed by atoms with Gasteiger partial charge in [0, 0.05) is 6.54 Å². The second-order valence-corrected chi connectivity index (χ2v) is 5.63. The Bertz CT molecular complexity index is 553. The van der Waals surface area contributed by atoms with Crippen molar-refractivity contribution in [1.82, 2.24) is 5.32 Å². The minimum absolute atomic E-state index is 0.148. The first-order valence-corrected chi connectivity index (χ1v) is 7.29. The van der Waals surface area contributed by atoms with Gasteiger partial charge in [0.25, 0.3) is 0 Å². The molecule has 0 aliphatic heterocycles. The van der Waals surface area contributed by atoms with Gasteiger partial charge in [-0.15, -0.1) is 0 Å². The van der Waals surface area contributed by atoms with Crippen LogP contribution in [0.15, 0.2) is 47.2 Å². The van der Waals surface area contributed by atoms with Crippen molar-refractivity contribution in [2.75, 3.05) is 6.54 Å². The fourth-order valence-electron chi connectivity index (χ4n) is 1.87. The highest BCUT2D eigenvalue weighted by Crippen LogP contribution is 2.19. The van der Waals surface area contributed by atoms with E-state index < -0.39 is 11.6 Å². The summed E-state index contributed by atoms with van der Waals surface area (Å²) in [6, 6.07) is 11.0. The average molecular weight is 290 g/mol. The Balaban J connectivity index is 1.98. The van der Waals surface area contributed by atoms with E-state index in [4.69, 9.17) is 5.73 Å². The van der Waals surface area contributed by atoms with Crippen molar-refractivity contribution < 1.29 is 9.90 Å². The van der Waals surface area contributed by atoms with Crippen LogP contribution in [0.4, 0.5) is 0 Å². The third-order valence-electron chi connectivity index (χ3n) is 3.23. The predicted octanol–water partition coefficient (Wildman–Crippen LogP) is 1.77. The molecular weight excluding hydrogens is 272 g/mol. The average Bonchev–Trinajstić information content (AvgIpc) is 2.99. The zero-order valence-corrected chi connectivity index (χ0v) is 12.1. The fourth-order valence-corrected chi connectivity index (χ4v) is 2.58. The number of aliphatic hydroxyl groups excluding tert-OH is 1. The fraction of sp³-hybridized carbons (Fsp3) is 0.267. The molecule has 0 bridgehead atoms. The quantitative estimate of drug-likeness (QED) is 0.785. The van der Waals surface area contributed by atoms with Crippen LogP contribution in [-0.4, -0.2) is 17.6 Å². The van der Waals surface area contributed by atoms with Gasteiger partial charge in [-0.3, -0.25) is 4.79 Å². The molecule has 2 aromatic rings. The molecule has 0 fully saturated rings. The molecule has 20 heavy (non-hydrogen) atoms. The topological polar surface area (TPSA) is 75.4 Å². The summed E-state index contributed by atoms with van der Waals surface area (Å²) in [6.07, 6.45) is -0.711. The standard InChI is InChI=1S/C15H18N2O2S/c1-15(16,12-5-3-2-4-6-12)14(19)17-9-13(18)11-7-8-20-10-11/h2-8,10,13,18H,9,16H2,1H3,(H,17,19). The summed E-state index contributed by atoms with van der Waals surface area (Å²) >= 11 is 1.51. The second-order valence-electron chi connectivity index (χ2n) is 4.85. The lowest BCUT2D eigenvalue weighted by Gasteiger charge is -2.24. The minimum atomic E-state index is -1.12. The Morgan fingerprint density at radius 1 is 1.40 bits per heavy atom. The second kappa shape index (κ2) is 6.17. The first-order valence-electron chi connectivity index (χ1n) is 6.34. The van der Waals surface area contributed by atoms with Gasteiger partial charge < -0.3 is 16.2 Å². The molecule has 0 radical (unpaired) electrons. The number of nitrogens with one attached hydrogen (secondary N) is 1. The summed E-state index contributed by atoms with van der Waals surface area (Å²) in [5, 5.41) is 16.4. The van der Waals surface area contributed by atoms with Gasteiger partial charge in [-0.05, 0) is 34.9 Å². The highest BCUT2D eigenvalue weighted by atomic mass is 32.1. The number of thiophene rings is 1. The lowest BCUT2D eigenvalue weighted by molar-refractivity contribution is -0.126. The minimum Gasteiger partial charge on any atom is -0.387 e. The summed E-state index contributed by atoms with van der Waals surface area (Å²) in [4.78, 5) is 12.2. The first-order chi connectivity index (χ1) is 9.51. The van der Waals surface area contributed by atoms with Crippen LogP contribution in [0.2, 0.25) is 0 Å². The summed E-state index contributed by atoms with van der Waals surface area (Å²) in [6.45, 7) is 1.81. The molecular formula is C15H18N2O2S. The van der Waals surface area contributed by atoms with Crippen LogP contribution >= 0.6 is 11.3 Å². The number of hydrogen-bond donors (Lipinski definition) is 3. The van der Waals surface area contributed by atoms with Crippen molar-refractivity contribution >= 4 is 17.2 Å². The van der Waals surface area contributed by atoms with E-state index in [2.05, 4.69) is 5.32 Å². The van der Waals surface area contributed by atoms with Crippen molar-refractivity contribution in [3.05, 3.63) is 58.3 Å². The van der Waals surface area contributed by atoms with Gasteiger partial charge in [-0.1, -0.05) is 30.3 Å². The molecule has 1 heterocycles. The Kier molecular flexibility index (Phi) is 4.54. The Hall–Kier alpha value is -1.69. The van der Waals surface area contributed by atoms with E-state index >= 15 is 0 Å². The van der Waals surface area contributed by atoms with Gasteiger partial charge in [0.1, 0.15) is 5.54 Å². The van der Waals surface area contributed by atoms with Gasteiger partial charge in [0.2, 0.25) is 5.91 Å². The maximum absolute atomic E-state index is 12.2. The summed E-state index contributed by atoms with van der Waals surface area (Å²) < 4.78 is 0. The van der Waals surface area contributed by atoms with E-state index in [0.29, 0.717) is 0 Å². The molecule has 4 N–H and O–H groups in total. The number of carbonyl (C=O) groups is 1. The van der Waals surface area contributed by atoms with E-state index in [-0.39, 0.29) is 12.5 Å². The smallest absolute Gasteiger partial charge is 0.244 e. The molecule has 0 spiro atoms. The van der Waals surface area contributed by atoms with Crippen molar-refractivity contribution in [1.29, 1.82) is 0 Å². The number of carbonyl (C=O) groups excluding carboxylic acids is 1. The first kappa shape index (κ1) is 14.7. The van der Waals surface area contributed by atoms with Crippen LogP contribution in [-0.2, 0) is 10.3 Å². The molecule has 2 atom stereocenters. The van der Waals surface area contributed by atoms with Gasteiger partial charge in [-0.25, -0.2) is 0 Å². The lowest BCUT2D eigenvalue weighted by Crippen LogP contribution is -2.49. The molecule has 1 aromatic heterocycles. The maximum Gasteiger partial charge on any atom is 0.244 e. The largest absolute Gasteiger partial charge is 0.387 e. The molecule has 5 heteroatoms. The van der Waals surface area contributed by atoms with Crippen molar-refractivity contribution in [3.63, 3.8) is 0 Å². The lowest BCUT2D eigenvalue weighted by atomic mass is 9.92. The van der Waals surface area contributed by atoms with Gasteiger partial charge >= 0.3 is 0 Å². The van der Waals surface area contributed by atoms with E-state index in [9.17, 15) is 9.90 Å². The molecule has 1 amide bonds. The summed E-state index contributed by atoms with van der Waals surface area (Å²) in [5.74, 6) is -0.307. The zero-order chi connectivity index (χ0) is 14.6. The van der Waals surface area contributed by atoms with Crippen LogP contribution in [0.1, 0.15) is 24.2 Å². The SMILES string of the molecule is CC(N)(C(=O)NCC(O)c1ccsc1)c1ccccc1. The molecule has 106 valence electrons. The van der Waals surface area contributed by atoms with Crippen LogP contribution in [0.3, 0.4) is 0 Å². The summed E-state index contributed by atoms with van der Waals surface area (Å²) in [5.41, 5.74) is 6.52. The van der Waals surface area contributed by atoms with E-state index in [1.807, 2.05) is 47.2 Å². The maximum atomic E-state index is 12.2. The van der Waals surface area contributed by atoms with Gasteiger partial charge in [0.15, 0.2) is 0 Å².